The highest BCUT2D eigenvalue weighted by atomic mass is 35.5. The van der Waals surface area contributed by atoms with Crippen molar-refractivity contribution in [3.8, 4) is 0 Å². The van der Waals surface area contributed by atoms with E-state index in [-0.39, 0.29) is 24.1 Å². The highest BCUT2D eigenvalue weighted by molar-refractivity contribution is 5.85. The fraction of sp³-hybridized carbons (Fsp3) is 0.500. The van der Waals surface area contributed by atoms with Crippen LogP contribution < -0.4 is 11.4 Å². The van der Waals surface area contributed by atoms with E-state index < -0.39 is 0 Å². The van der Waals surface area contributed by atoms with Crippen LogP contribution in [0, 0.1) is 0 Å². The number of pyridine rings is 1. The maximum Gasteiger partial charge on any atom is 0.326 e. The van der Waals surface area contributed by atoms with Crippen LogP contribution in [0.1, 0.15) is 31.7 Å². The SMILES string of the molecule is Cl.NC1CCC(n2c(=O)[nH]c3cnccc32)CC1. The van der Waals surface area contributed by atoms with Crippen LogP contribution in [-0.2, 0) is 0 Å². The zero-order valence-electron chi connectivity index (χ0n) is 10.0. The van der Waals surface area contributed by atoms with Crippen molar-refractivity contribution in [1.82, 2.24) is 14.5 Å². The fourth-order valence-corrected chi connectivity index (χ4v) is 2.70. The molecule has 0 amide bonds. The Balaban J connectivity index is 0.00000120. The highest BCUT2D eigenvalue weighted by Gasteiger charge is 2.22. The van der Waals surface area contributed by atoms with Crippen LogP contribution in [-0.4, -0.2) is 20.6 Å². The van der Waals surface area contributed by atoms with Gasteiger partial charge >= 0.3 is 5.69 Å². The number of rotatable bonds is 1. The molecule has 0 saturated heterocycles. The zero-order chi connectivity index (χ0) is 11.8. The Bertz CT molecular complexity index is 583. The molecule has 18 heavy (non-hydrogen) atoms. The first-order chi connectivity index (χ1) is 8.25. The van der Waals surface area contributed by atoms with Crippen LogP contribution in [0.5, 0.6) is 0 Å². The second-order valence-electron chi connectivity index (χ2n) is 4.76. The van der Waals surface area contributed by atoms with E-state index in [2.05, 4.69) is 9.97 Å². The fourth-order valence-electron chi connectivity index (χ4n) is 2.70. The normalized spacial score (nSPS) is 23.8. The summed E-state index contributed by atoms with van der Waals surface area (Å²) in [6, 6.07) is 2.47. The monoisotopic (exact) mass is 268 g/mol. The topological polar surface area (TPSA) is 76.7 Å². The Hall–Kier alpha value is -1.33. The number of nitrogens with one attached hydrogen (secondary N) is 1. The molecule has 0 aromatic carbocycles. The summed E-state index contributed by atoms with van der Waals surface area (Å²) in [4.78, 5) is 18.8. The van der Waals surface area contributed by atoms with Crippen molar-refractivity contribution >= 4 is 23.4 Å². The van der Waals surface area contributed by atoms with Gasteiger partial charge in [0.05, 0.1) is 17.2 Å². The highest BCUT2D eigenvalue weighted by Crippen LogP contribution is 2.28. The Labute approximate surface area is 111 Å². The van der Waals surface area contributed by atoms with Gasteiger partial charge in [-0.15, -0.1) is 12.4 Å². The molecule has 2 aromatic rings. The summed E-state index contributed by atoms with van der Waals surface area (Å²) in [7, 11) is 0. The minimum absolute atomic E-state index is 0. The maximum atomic E-state index is 12.0. The molecule has 98 valence electrons. The number of hydrogen-bond acceptors (Lipinski definition) is 3. The third kappa shape index (κ3) is 2.15. The van der Waals surface area contributed by atoms with Crippen molar-refractivity contribution in [2.75, 3.05) is 0 Å². The van der Waals surface area contributed by atoms with Gasteiger partial charge in [0.25, 0.3) is 0 Å². The van der Waals surface area contributed by atoms with Gasteiger partial charge in [0.15, 0.2) is 0 Å². The molecule has 1 aliphatic carbocycles. The number of fused-ring (bicyclic) bond motifs is 1. The number of hydrogen-bond donors (Lipinski definition) is 2. The molecule has 6 heteroatoms. The number of nitrogens with two attached hydrogens (primary N) is 1. The molecule has 0 unspecified atom stereocenters. The van der Waals surface area contributed by atoms with Crippen LogP contribution in [0.3, 0.4) is 0 Å². The third-order valence-corrected chi connectivity index (χ3v) is 3.62. The number of imidazole rings is 1. The summed E-state index contributed by atoms with van der Waals surface area (Å²) >= 11 is 0. The lowest BCUT2D eigenvalue weighted by molar-refractivity contribution is 0.324. The van der Waals surface area contributed by atoms with E-state index in [0.29, 0.717) is 6.04 Å². The second-order valence-corrected chi connectivity index (χ2v) is 4.76. The van der Waals surface area contributed by atoms with E-state index >= 15 is 0 Å². The van der Waals surface area contributed by atoms with Crippen LogP contribution in [0.2, 0.25) is 0 Å². The molecule has 5 nitrogen and oxygen atoms in total. The minimum Gasteiger partial charge on any atom is -0.328 e. The van der Waals surface area contributed by atoms with E-state index in [1.54, 1.807) is 12.4 Å². The first-order valence-electron chi connectivity index (χ1n) is 6.05. The molecule has 1 saturated carbocycles. The minimum atomic E-state index is -0.0338. The molecule has 0 aliphatic heterocycles. The van der Waals surface area contributed by atoms with Crippen LogP contribution in [0.15, 0.2) is 23.3 Å². The van der Waals surface area contributed by atoms with E-state index in [1.807, 2.05) is 10.6 Å². The Kier molecular flexibility index (Phi) is 3.73. The van der Waals surface area contributed by atoms with Gasteiger partial charge < -0.3 is 10.7 Å². The number of aromatic amines is 1. The molecular weight excluding hydrogens is 252 g/mol. The summed E-state index contributed by atoms with van der Waals surface area (Å²) in [5.74, 6) is 0. The standard InChI is InChI=1S/C12H16N4O.ClH/c13-8-1-3-9(4-2-8)16-11-5-6-14-7-10(11)15-12(16)17;/h5-9H,1-4,13H2,(H,15,17);1H. The van der Waals surface area contributed by atoms with Gasteiger partial charge in [0.1, 0.15) is 0 Å². The number of aromatic nitrogens is 3. The van der Waals surface area contributed by atoms with Crippen molar-refractivity contribution in [2.24, 2.45) is 5.73 Å². The summed E-state index contributed by atoms with van der Waals surface area (Å²) in [5, 5.41) is 0. The number of halogens is 1. The zero-order valence-corrected chi connectivity index (χ0v) is 10.8. The lowest BCUT2D eigenvalue weighted by atomic mass is 9.91. The predicted molar refractivity (Wildman–Crippen MR) is 73.1 cm³/mol. The van der Waals surface area contributed by atoms with Crippen molar-refractivity contribution in [3.63, 3.8) is 0 Å². The van der Waals surface area contributed by atoms with Crippen LogP contribution in [0.4, 0.5) is 0 Å². The Morgan fingerprint density at radius 3 is 2.78 bits per heavy atom. The van der Waals surface area contributed by atoms with E-state index in [9.17, 15) is 4.79 Å². The summed E-state index contributed by atoms with van der Waals surface area (Å²) < 4.78 is 1.86. The average molecular weight is 269 g/mol. The lowest BCUT2D eigenvalue weighted by Crippen LogP contribution is -2.31. The van der Waals surface area contributed by atoms with E-state index in [1.165, 1.54) is 0 Å². The third-order valence-electron chi connectivity index (χ3n) is 3.62. The molecular formula is C12H17ClN4O. The van der Waals surface area contributed by atoms with Crippen molar-refractivity contribution in [3.05, 3.63) is 28.9 Å². The molecule has 0 bridgehead atoms. The van der Waals surface area contributed by atoms with Gasteiger partial charge in [0.2, 0.25) is 0 Å². The number of H-pyrrole nitrogens is 1. The van der Waals surface area contributed by atoms with Gasteiger partial charge in [-0.1, -0.05) is 0 Å². The van der Waals surface area contributed by atoms with Crippen molar-refractivity contribution in [2.45, 2.75) is 37.8 Å². The van der Waals surface area contributed by atoms with E-state index in [4.69, 9.17) is 5.73 Å². The second kappa shape index (κ2) is 5.12. The van der Waals surface area contributed by atoms with Crippen LogP contribution in [0.25, 0.3) is 11.0 Å². The van der Waals surface area contributed by atoms with Gasteiger partial charge in [0, 0.05) is 18.3 Å². The van der Waals surface area contributed by atoms with Gasteiger partial charge in [-0.05, 0) is 31.7 Å². The predicted octanol–water partition coefficient (Wildman–Crippen LogP) is 1.59. The summed E-state index contributed by atoms with van der Waals surface area (Å²) in [6.45, 7) is 0. The Morgan fingerprint density at radius 2 is 2.06 bits per heavy atom. The smallest absolute Gasteiger partial charge is 0.326 e. The van der Waals surface area contributed by atoms with Gasteiger partial charge in [-0.2, -0.15) is 0 Å². The molecule has 2 heterocycles. The molecule has 1 aliphatic rings. The molecule has 0 atom stereocenters. The molecule has 2 aromatic heterocycles. The molecule has 0 radical (unpaired) electrons. The molecule has 0 spiro atoms. The quantitative estimate of drug-likeness (QED) is 0.825. The van der Waals surface area contributed by atoms with Crippen molar-refractivity contribution in [1.29, 1.82) is 0 Å². The molecule has 3 N–H and O–H groups in total. The molecule has 1 fully saturated rings. The summed E-state index contributed by atoms with van der Waals surface area (Å²) in [5.41, 5.74) is 7.62. The Morgan fingerprint density at radius 1 is 1.33 bits per heavy atom. The number of nitrogens with zero attached hydrogens (tertiary/aromatic N) is 2. The maximum absolute atomic E-state index is 12.0. The average Bonchev–Trinajstić information content (AvgIpc) is 2.66. The largest absolute Gasteiger partial charge is 0.328 e. The first-order valence-corrected chi connectivity index (χ1v) is 6.05. The summed E-state index contributed by atoms with van der Waals surface area (Å²) in [6.07, 6.45) is 7.37. The van der Waals surface area contributed by atoms with Crippen LogP contribution >= 0.6 is 12.4 Å². The van der Waals surface area contributed by atoms with Gasteiger partial charge in [-0.3, -0.25) is 9.55 Å². The van der Waals surface area contributed by atoms with E-state index in [0.717, 1.165) is 36.7 Å². The van der Waals surface area contributed by atoms with Crippen molar-refractivity contribution < 1.29 is 0 Å². The lowest BCUT2D eigenvalue weighted by Gasteiger charge is -2.26. The first kappa shape index (κ1) is 13.1. The molecule has 3 rings (SSSR count). The van der Waals surface area contributed by atoms with Gasteiger partial charge in [-0.25, -0.2) is 4.79 Å².